The van der Waals surface area contributed by atoms with Crippen molar-refractivity contribution >= 4 is 28.3 Å². The number of primary amides is 1. The summed E-state index contributed by atoms with van der Waals surface area (Å²) in [5.74, 6) is -0.946. The van der Waals surface area contributed by atoms with E-state index in [-0.39, 0.29) is 5.82 Å². The predicted octanol–water partition coefficient (Wildman–Crippen LogP) is 2.14. The molecule has 0 aliphatic heterocycles. The first-order chi connectivity index (χ1) is 14.0. The minimum Gasteiger partial charge on any atom is -0.399 e. The smallest absolute Gasteiger partial charge is 0.284 e. The Morgan fingerprint density at radius 2 is 1.69 bits per heavy atom. The molecule has 7 N–H and O–H groups in total. The van der Waals surface area contributed by atoms with E-state index in [1.54, 1.807) is 6.20 Å². The number of nitrogen functional groups attached to an aromatic ring is 1. The first kappa shape index (κ1) is 18.3. The number of anilines is 2. The van der Waals surface area contributed by atoms with Gasteiger partial charge in [-0.05, 0) is 41.8 Å². The minimum atomic E-state index is -0.780. The summed E-state index contributed by atoms with van der Waals surface area (Å²) in [6.07, 6.45) is 2.52. The van der Waals surface area contributed by atoms with Gasteiger partial charge in [0.15, 0.2) is 0 Å². The molecule has 0 radical (unpaired) electrons. The molecule has 2 aromatic carbocycles. The van der Waals surface area contributed by atoms with Gasteiger partial charge < -0.3 is 26.8 Å². The first-order valence-electron chi connectivity index (χ1n) is 9.07. The van der Waals surface area contributed by atoms with Gasteiger partial charge in [0.2, 0.25) is 5.82 Å². The molecule has 8 heteroatoms. The molecule has 0 bridgehead atoms. The maximum Gasteiger partial charge on any atom is 0.284 e. The van der Waals surface area contributed by atoms with Crippen molar-refractivity contribution in [3.8, 4) is 0 Å². The number of nitrogens with one attached hydrogen (secondary N) is 3. The Kier molecular flexibility index (Phi) is 4.74. The number of nitrogens with two attached hydrogens (primary N) is 2. The Hall–Kier alpha value is -4.07. The maximum atomic E-state index is 12.3. The maximum absolute atomic E-state index is 12.3. The zero-order valence-electron chi connectivity index (χ0n) is 15.5. The van der Waals surface area contributed by atoms with Crippen molar-refractivity contribution in [3.05, 3.63) is 87.6 Å². The fraction of sp³-hybridized carbons (Fsp3) is 0.0952. The molecule has 2 aromatic heterocycles. The highest BCUT2D eigenvalue weighted by atomic mass is 16.2. The lowest BCUT2D eigenvalue weighted by Gasteiger charge is -2.08. The van der Waals surface area contributed by atoms with Crippen molar-refractivity contribution < 1.29 is 4.79 Å². The number of H-pyrrole nitrogens is 2. The van der Waals surface area contributed by atoms with Crippen molar-refractivity contribution in [1.29, 1.82) is 0 Å². The molecule has 0 spiro atoms. The molecule has 0 saturated carbocycles. The summed E-state index contributed by atoms with van der Waals surface area (Å²) in [6.45, 7) is 0.429. The molecule has 0 aliphatic carbocycles. The third-order valence-electron chi connectivity index (χ3n) is 4.68. The van der Waals surface area contributed by atoms with Gasteiger partial charge in [-0.1, -0.05) is 24.3 Å². The molecule has 1 amide bonds. The molecule has 146 valence electrons. The Bertz CT molecular complexity index is 1220. The number of hydrogen-bond acceptors (Lipinski definition) is 5. The number of hydrogen-bond donors (Lipinski definition) is 5. The van der Waals surface area contributed by atoms with Crippen LogP contribution in [0, 0.1) is 0 Å². The van der Waals surface area contributed by atoms with Crippen LogP contribution < -0.4 is 22.3 Å². The number of nitrogens with zero attached hydrogens (tertiary/aromatic N) is 1. The van der Waals surface area contributed by atoms with Crippen LogP contribution in [0.25, 0.3) is 11.0 Å². The number of carbonyl (C=O) groups is 1. The summed E-state index contributed by atoms with van der Waals surface area (Å²) in [6, 6.07) is 15.9. The molecule has 4 aromatic rings. The van der Waals surface area contributed by atoms with Gasteiger partial charge in [0, 0.05) is 29.7 Å². The van der Waals surface area contributed by atoms with Crippen LogP contribution in [-0.4, -0.2) is 20.9 Å². The summed E-state index contributed by atoms with van der Waals surface area (Å²) in [4.78, 5) is 32.9. The van der Waals surface area contributed by atoms with Crippen LogP contribution >= 0.6 is 0 Å². The summed E-state index contributed by atoms with van der Waals surface area (Å²) in [7, 11) is 0. The zero-order valence-corrected chi connectivity index (χ0v) is 15.5. The highest BCUT2D eigenvalue weighted by Crippen LogP contribution is 2.17. The lowest BCUT2D eigenvalue weighted by molar-refractivity contribution is 0.0990. The van der Waals surface area contributed by atoms with Gasteiger partial charge in [0.1, 0.15) is 5.65 Å². The minimum absolute atomic E-state index is 0.166. The van der Waals surface area contributed by atoms with E-state index >= 15 is 0 Å². The van der Waals surface area contributed by atoms with Crippen LogP contribution in [0.15, 0.2) is 59.5 Å². The second-order valence-corrected chi connectivity index (χ2v) is 6.79. The third kappa shape index (κ3) is 3.96. The van der Waals surface area contributed by atoms with Gasteiger partial charge in [0.05, 0.1) is 5.39 Å². The van der Waals surface area contributed by atoms with E-state index in [9.17, 15) is 9.59 Å². The van der Waals surface area contributed by atoms with E-state index in [4.69, 9.17) is 11.5 Å². The van der Waals surface area contributed by atoms with Gasteiger partial charge >= 0.3 is 0 Å². The quantitative estimate of drug-likeness (QED) is 0.322. The zero-order chi connectivity index (χ0) is 20.4. The Balaban J connectivity index is 1.46. The molecular formula is C21H20N6O2. The van der Waals surface area contributed by atoms with Crippen LogP contribution in [0.1, 0.15) is 27.3 Å². The molecular weight excluding hydrogens is 368 g/mol. The monoisotopic (exact) mass is 388 g/mol. The van der Waals surface area contributed by atoms with E-state index in [1.165, 1.54) is 11.1 Å². The largest absolute Gasteiger partial charge is 0.399 e. The number of fused-ring (bicyclic) bond motifs is 1. The topological polar surface area (TPSA) is 143 Å². The Morgan fingerprint density at radius 3 is 2.34 bits per heavy atom. The Labute approximate surface area is 166 Å². The van der Waals surface area contributed by atoms with Crippen LogP contribution in [0.4, 0.5) is 11.4 Å². The SMILES string of the molecule is NC(=O)c1nc2[nH]cc(CNc3ccc(Cc4ccc(N)cc4)cc3)c2c(=O)[nH]1. The molecule has 8 nitrogen and oxygen atoms in total. The molecule has 2 heterocycles. The fourth-order valence-corrected chi connectivity index (χ4v) is 3.17. The number of carbonyl (C=O) groups excluding carboxylic acids is 1. The highest BCUT2D eigenvalue weighted by Gasteiger charge is 2.13. The number of rotatable bonds is 6. The average Bonchev–Trinajstić information content (AvgIpc) is 3.13. The normalized spacial score (nSPS) is 10.9. The first-order valence-corrected chi connectivity index (χ1v) is 9.07. The van der Waals surface area contributed by atoms with Crippen molar-refractivity contribution in [3.63, 3.8) is 0 Å². The average molecular weight is 388 g/mol. The molecule has 0 unspecified atom stereocenters. The summed E-state index contributed by atoms with van der Waals surface area (Å²) >= 11 is 0. The van der Waals surface area contributed by atoms with E-state index in [1.807, 2.05) is 36.4 Å². The summed E-state index contributed by atoms with van der Waals surface area (Å²) < 4.78 is 0. The van der Waals surface area contributed by atoms with Crippen molar-refractivity contribution in [2.45, 2.75) is 13.0 Å². The van der Waals surface area contributed by atoms with Crippen LogP contribution in [0.2, 0.25) is 0 Å². The van der Waals surface area contributed by atoms with Gasteiger partial charge in [-0.25, -0.2) is 4.98 Å². The van der Waals surface area contributed by atoms with Crippen LogP contribution in [0.3, 0.4) is 0 Å². The van der Waals surface area contributed by atoms with Crippen LogP contribution in [0.5, 0.6) is 0 Å². The number of aromatic nitrogens is 3. The number of aromatic amines is 2. The molecule has 0 atom stereocenters. The lowest BCUT2D eigenvalue weighted by Crippen LogP contribution is -2.21. The van der Waals surface area contributed by atoms with Crippen molar-refractivity contribution in [2.75, 3.05) is 11.1 Å². The Morgan fingerprint density at radius 1 is 1.03 bits per heavy atom. The molecule has 0 saturated heterocycles. The molecule has 0 aliphatic rings. The third-order valence-corrected chi connectivity index (χ3v) is 4.68. The van der Waals surface area contributed by atoms with E-state index in [2.05, 4.69) is 32.4 Å². The molecule has 0 fully saturated rings. The van der Waals surface area contributed by atoms with Gasteiger partial charge in [-0.3, -0.25) is 9.59 Å². The van der Waals surface area contributed by atoms with Crippen LogP contribution in [-0.2, 0) is 13.0 Å². The van der Waals surface area contributed by atoms with Crippen molar-refractivity contribution in [2.24, 2.45) is 5.73 Å². The lowest BCUT2D eigenvalue weighted by atomic mass is 10.0. The predicted molar refractivity (Wildman–Crippen MR) is 113 cm³/mol. The fourth-order valence-electron chi connectivity index (χ4n) is 3.17. The summed E-state index contributed by atoms with van der Waals surface area (Å²) in [5, 5.41) is 3.70. The molecule has 29 heavy (non-hydrogen) atoms. The van der Waals surface area contributed by atoms with Gasteiger partial charge in [-0.15, -0.1) is 0 Å². The standard InChI is InChI=1S/C21H20N6O2/c22-15-5-1-12(2-6-15)9-13-3-7-16(8-4-13)24-10-14-11-25-19-17(14)21(29)27-20(26-19)18(23)28/h1-8,11,24H,9-10,22H2,(H2,23,28)(H2,25,26,27,29). The van der Waals surface area contributed by atoms with E-state index in [0.29, 0.717) is 17.6 Å². The van der Waals surface area contributed by atoms with E-state index in [0.717, 1.165) is 23.4 Å². The van der Waals surface area contributed by atoms with E-state index < -0.39 is 11.5 Å². The summed E-state index contributed by atoms with van der Waals surface area (Å²) in [5.41, 5.74) is 15.6. The highest BCUT2D eigenvalue weighted by molar-refractivity contribution is 5.91. The van der Waals surface area contributed by atoms with Crippen molar-refractivity contribution in [1.82, 2.24) is 15.0 Å². The number of amides is 1. The second-order valence-electron chi connectivity index (χ2n) is 6.79. The molecule has 4 rings (SSSR count). The second kappa shape index (κ2) is 7.51. The number of benzene rings is 2. The van der Waals surface area contributed by atoms with Gasteiger partial charge in [0.25, 0.3) is 11.5 Å². The van der Waals surface area contributed by atoms with Gasteiger partial charge in [-0.2, -0.15) is 0 Å².